The van der Waals surface area contributed by atoms with Gasteiger partial charge >= 0.3 is 0 Å². The number of hydrogen-bond acceptors (Lipinski definition) is 3. The fourth-order valence-corrected chi connectivity index (χ4v) is 1.40. The minimum atomic E-state index is -0.580. The van der Waals surface area contributed by atoms with Crippen LogP contribution >= 0.6 is 0 Å². The molecule has 0 bridgehead atoms. The number of anilines is 2. The van der Waals surface area contributed by atoms with Gasteiger partial charge in [-0.05, 0) is 31.5 Å². The first-order valence-corrected chi connectivity index (χ1v) is 6.60. The van der Waals surface area contributed by atoms with Crippen molar-refractivity contribution in [3.05, 3.63) is 23.8 Å². The molecule has 0 spiro atoms. The van der Waals surface area contributed by atoms with Crippen molar-refractivity contribution in [3.8, 4) is 0 Å². The summed E-state index contributed by atoms with van der Waals surface area (Å²) in [6, 6.07) is 4.78. The minimum absolute atomic E-state index is 0.0729. The third kappa shape index (κ3) is 4.35. The molecule has 0 fully saturated rings. The summed E-state index contributed by atoms with van der Waals surface area (Å²) in [7, 11) is 0. The van der Waals surface area contributed by atoms with E-state index >= 15 is 0 Å². The Morgan fingerprint density at radius 3 is 2.30 bits per heavy atom. The average Bonchev–Trinajstić information content (AvgIpc) is 2.31. The van der Waals surface area contributed by atoms with Crippen LogP contribution in [0.4, 0.5) is 11.4 Å². The Morgan fingerprint density at radius 2 is 1.80 bits per heavy atom. The number of aryl methyl sites for hydroxylation is 1. The third-order valence-corrected chi connectivity index (χ3v) is 2.85. The minimum Gasteiger partial charge on any atom is -0.325 e. The van der Waals surface area contributed by atoms with Gasteiger partial charge in [-0.2, -0.15) is 0 Å². The monoisotopic (exact) mass is 277 g/mol. The van der Waals surface area contributed by atoms with Gasteiger partial charge in [-0.1, -0.05) is 26.8 Å². The highest BCUT2D eigenvalue weighted by molar-refractivity contribution is 5.98. The van der Waals surface area contributed by atoms with Crippen LogP contribution in [0.1, 0.15) is 33.3 Å². The lowest BCUT2D eigenvalue weighted by Gasteiger charge is -2.19. The van der Waals surface area contributed by atoms with Crippen LogP contribution in [0.3, 0.4) is 0 Å². The van der Waals surface area contributed by atoms with Gasteiger partial charge in [0.05, 0.1) is 6.04 Å². The van der Waals surface area contributed by atoms with Crippen LogP contribution in [-0.2, 0) is 9.59 Å². The molecule has 20 heavy (non-hydrogen) atoms. The molecule has 0 saturated heterocycles. The molecule has 1 aromatic rings. The molecule has 5 nitrogen and oxygen atoms in total. The van der Waals surface area contributed by atoms with Gasteiger partial charge in [0, 0.05) is 16.8 Å². The molecular weight excluding hydrogens is 254 g/mol. The van der Waals surface area contributed by atoms with Crippen LogP contribution in [0.25, 0.3) is 0 Å². The van der Waals surface area contributed by atoms with Gasteiger partial charge in [-0.15, -0.1) is 0 Å². The van der Waals surface area contributed by atoms with Crippen molar-refractivity contribution in [2.24, 2.45) is 11.1 Å². The van der Waals surface area contributed by atoms with Crippen LogP contribution in [0, 0.1) is 12.3 Å². The van der Waals surface area contributed by atoms with E-state index in [1.54, 1.807) is 19.1 Å². The molecular formula is C15H23N3O2. The Hall–Kier alpha value is -1.88. The molecule has 0 saturated carbocycles. The molecule has 0 aliphatic heterocycles. The van der Waals surface area contributed by atoms with Crippen molar-refractivity contribution in [1.82, 2.24) is 0 Å². The van der Waals surface area contributed by atoms with E-state index in [-0.39, 0.29) is 11.8 Å². The first-order chi connectivity index (χ1) is 9.11. The number of amides is 2. The largest absolute Gasteiger partial charge is 0.325 e. The predicted octanol–water partition coefficient (Wildman–Crippen LogP) is 2.27. The Bertz CT molecular complexity index is 516. The van der Waals surface area contributed by atoms with Gasteiger partial charge in [-0.3, -0.25) is 9.59 Å². The number of nitrogens with two attached hydrogens (primary N) is 1. The Morgan fingerprint density at radius 1 is 1.20 bits per heavy atom. The molecule has 4 N–H and O–H groups in total. The highest BCUT2D eigenvalue weighted by Gasteiger charge is 2.21. The zero-order valence-electron chi connectivity index (χ0n) is 12.7. The highest BCUT2D eigenvalue weighted by Crippen LogP contribution is 2.23. The smallest absolute Gasteiger partial charge is 0.240 e. The van der Waals surface area contributed by atoms with Gasteiger partial charge in [-0.25, -0.2) is 0 Å². The summed E-state index contributed by atoms with van der Waals surface area (Å²) in [5.41, 5.74) is 7.27. The number of benzene rings is 1. The van der Waals surface area contributed by atoms with Crippen LogP contribution in [0.15, 0.2) is 18.2 Å². The summed E-state index contributed by atoms with van der Waals surface area (Å²) < 4.78 is 0. The second-order valence-electron chi connectivity index (χ2n) is 6.01. The summed E-state index contributed by atoms with van der Waals surface area (Å²) in [5, 5.41) is 5.58. The summed E-state index contributed by atoms with van der Waals surface area (Å²) in [6.07, 6.45) is 0. The van der Waals surface area contributed by atoms with Gasteiger partial charge in [0.25, 0.3) is 0 Å². The maximum Gasteiger partial charge on any atom is 0.240 e. The van der Waals surface area contributed by atoms with Crippen LogP contribution in [-0.4, -0.2) is 17.9 Å². The SMILES string of the molecule is Cc1ccc(NC(=O)[C@H](C)N)cc1NC(=O)C(C)(C)C. The standard InChI is InChI=1S/C15H23N3O2/c1-9-6-7-11(17-13(19)10(2)16)8-12(9)18-14(20)15(3,4)5/h6-8,10H,16H2,1-5H3,(H,17,19)(H,18,20)/t10-/m0/s1. The van der Waals surface area contributed by atoms with E-state index < -0.39 is 11.5 Å². The van der Waals surface area contributed by atoms with E-state index in [0.29, 0.717) is 11.4 Å². The van der Waals surface area contributed by atoms with E-state index in [4.69, 9.17) is 5.73 Å². The van der Waals surface area contributed by atoms with Crippen molar-refractivity contribution >= 4 is 23.2 Å². The lowest BCUT2D eigenvalue weighted by molar-refractivity contribution is -0.123. The number of carbonyl (C=O) groups excluding carboxylic acids is 2. The third-order valence-electron chi connectivity index (χ3n) is 2.85. The molecule has 0 aromatic heterocycles. The van der Waals surface area contributed by atoms with E-state index in [1.807, 2.05) is 33.8 Å². The quantitative estimate of drug-likeness (QED) is 0.792. The van der Waals surface area contributed by atoms with Gasteiger partial charge in [0.2, 0.25) is 11.8 Å². The zero-order valence-corrected chi connectivity index (χ0v) is 12.7. The van der Waals surface area contributed by atoms with E-state index in [2.05, 4.69) is 10.6 Å². The molecule has 5 heteroatoms. The fourth-order valence-electron chi connectivity index (χ4n) is 1.40. The average molecular weight is 277 g/mol. The van der Waals surface area contributed by atoms with Gasteiger partial charge < -0.3 is 16.4 Å². The zero-order chi connectivity index (χ0) is 15.5. The Balaban J connectivity index is 2.92. The van der Waals surface area contributed by atoms with E-state index in [9.17, 15) is 9.59 Å². The van der Waals surface area contributed by atoms with Crippen molar-refractivity contribution in [2.75, 3.05) is 10.6 Å². The fraction of sp³-hybridized carbons (Fsp3) is 0.467. The predicted molar refractivity (Wildman–Crippen MR) is 81.5 cm³/mol. The highest BCUT2D eigenvalue weighted by atomic mass is 16.2. The van der Waals surface area contributed by atoms with Crippen molar-refractivity contribution < 1.29 is 9.59 Å². The molecule has 0 radical (unpaired) electrons. The Labute approximate surface area is 119 Å². The summed E-state index contributed by atoms with van der Waals surface area (Å²) in [4.78, 5) is 23.6. The normalized spacial score (nSPS) is 12.7. The summed E-state index contributed by atoms with van der Waals surface area (Å²) in [5.74, 6) is -0.335. The molecule has 1 aromatic carbocycles. The van der Waals surface area contributed by atoms with Crippen molar-refractivity contribution in [2.45, 2.75) is 40.7 Å². The Kier molecular flexibility index (Phi) is 4.89. The first-order valence-electron chi connectivity index (χ1n) is 6.60. The number of rotatable bonds is 3. The molecule has 0 heterocycles. The maximum absolute atomic E-state index is 12.0. The molecule has 0 aliphatic carbocycles. The first kappa shape index (κ1) is 16.2. The lowest BCUT2D eigenvalue weighted by atomic mass is 9.95. The number of carbonyl (C=O) groups is 2. The second kappa shape index (κ2) is 6.05. The molecule has 2 amide bonds. The number of hydrogen-bond donors (Lipinski definition) is 3. The van der Waals surface area contributed by atoms with E-state index in [0.717, 1.165) is 5.56 Å². The molecule has 1 atom stereocenters. The topological polar surface area (TPSA) is 84.2 Å². The van der Waals surface area contributed by atoms with Gasteiger partial charge in [0.15, 0.2) is 0 Å². The molecule has 0 unspecified atom stereocenters. The van der Waals surface area contributed by atoms with Crippen LogP contribution < -0.4 is 16.4 Å². The molecule has 1 rings (SSSR count). The van der Waals surface area contributed by atoms with Crippen molar-refractivity contribution in [3.63, 3.8) is 0 Å². The summed E-state index contributed by atoms with van der Waals surface area (Å²) in [6.45, 7) is 9.05. The summed E-state index contributed by atoms with van der Waals surface area (Å²) >= 11 is 0. The maximum atomic E-state index is 12.0. The molecule has 0 aliphatic rings. The number of nitrogens with one attached hydrogen (secondary N) is 2. The van der Waals surface area contributed by atoms with Crippen LogP contribution in [0.5, 0.6) is 0 Å². The van der Waals surface area contributed by atoms with Crippen molar-refractivity contribution in [1.29, 1.82) is 0 Å². The lowest BCUT2D eigenvalue weighted by Crippen LogP contribution is -2.32. The van der Waals surface area contributed by atoms with Crippen LogP contribution in [0.2, 0.25) is 0 Å². The van der Waals surface area contributed by atoms with E-state index in [1.165, 1.54) is 0 Å². The van der Waals surface area contributed by atoms with Gasteiger partial charge in [0.1, 0.15) is 0 Å². The molecule has 110 valence electrons. The second-order valence-corrected chi connectivity index (χ2v) is 6.01.